The molecule has 0 fully saturated rings. The van der Waals surface area contributed by atoms with Crippen molar-refractivity contribution in [2.24, 2.45) is 7.05 Å². The molecule has 0 spiro atoms. The van der Waals surface area contributed by atoms with Crippen LogP contribution in [0.1, 0.15) is 26.3 Å². The fourth-order valence-electron chi connectivity index (χ4n) is 1.19. The van der Waals surface area contributed by atoms with Gasteiger partial charge in [-0.1, -0.05) is 6.92 Å². The predicted molar refractivity (Wildman–Crippen MR) is 49.2 cm³/mol. The van der Waals surface area contributed by atoms with E-state index in [9.17, 15) is 18.0 Å². The highest BCUT2D eigenvalue weighted by Crippen LogP contribution is 2.22. The van der Waals surface area contributed by atoms with Crippen LogP contribution >= 0.6 is 0 Å². The van der Waals surface area contributed by atoms with Gasteiger partial charge in [0.05, 0.1) is 0 Å². The third-order valence-corrected chi connectivity index (χ3v) is 2.16. The molecule has 0 radical (unpaired) electrons. The number of ether oxygens (including phenoxy) is 1. The van der Waals surface area contributed by atoms with E-state index in [1.807, 2.05) is 0 Å². The van der Waals surface area contributed by atoms with Crippen LogP contribution in [0.3, 0.4) is 0 Å². The summed E-state index contributed by atoms with van der Waals surface area (Å²) in [5.74, 6) is 0. The monoisotopic (exact) mass is 239 g/mol. The number of aryl methyl sites for hydroxylation is 1. The molecule has 5 nitrogen and oxygen atoms in total. The first kappa shape index (κ1) is 12.6. The molecule has 0 aromatic carbocycles. The smallest absolute Gasteiger partial charge is 0.371 e. The molecule has 0 saturated heterocycles. The Bertz CT molecular complexity index is 421. The summed E-state index contributed by atoms with van der Waals surface area (Å²) in [7, 11) is 1.27. The fraction of sp³-hybridized carbons (Fsp3) is 0.750. The molecule has 0 amide bonds. The van der Waals surface area contributed by atoms with E-state index in [0.29, 0.717) is 6.42 Å². The minimum Gasteiger partial charge on any atom is -0.371 e. The fourth-order valence-corrected chi connectivity index (χ4v) is 1.19. The van der Waals surface area contributed by atoms with Crippen LogP contribution in [0.15, 0.2) is 4.79 Å². The highest BCUT2D eigenvalue weighted by atomic mass is 19.4. The number of aromatic nitrogens is 3. The lowest BCUT2D eigenvalue weighted by atomic mass is 10.3. The van der Waals surface area contributed by atoms with Gasteiger partial charge in [-0.05, 0) is 13.3 Å². The zero-order chi connectivity index (χ0) is 12.5. The molecule has 0 saturated carbocycles. The molecule has 92 valence electrons. The minimum atomic E-state index is -4.85. The summed E-state index contributed by atoms with van der Waals surface area (Å²) in [6.45, 7) is 3.37. The molecule has 1 atom stereocenters. The van der Waals surface area contributed by atoms with Crippen LogP contribution in [0, 0.1) is 0 Å². The molecule has 1 heterocycles. The SMILES string of the molecule is CCC(C)n1c(OC(F)(F)F)nn(C)c1=O. The average molecular weight is 239 g/mol. The Balaban J connectivity index is 3.19. The van der Waals surface area contributed by atoms with E-state index < -0.39 is 24.1 Å². The Hall–Kier alpha value is -1.47. The summed E-state index contributed by atoms with van der Waals surface area (Å²) in [6, 6.07) is -1.13. The molecule has 0 aliphatic carbocycles. The second kappa shape index (κ2) is 4.18. The van der Waals surface area contributed by atoms with E-state index in [4.69, 9.17) is 0 Å². The maximum absolute atomic E-state index is 12.0. The van der Waals surface area contributed by atoms with E-state index in [1.165, 1.54) is 7.05 Å². The Morgan fingerprint density at radius 3 is 2.50 bits per heavy atom. The van der Waals surface area contributed by atoms with Crippen molar-refractivity contribution in [3.05, 3.63) is 10.5 Å². The number of halogens is 3. The van der Waals surface area contributed by atoms with Crippen LogP contribution in [0.4, 0.5) is 13.2 Å². The van der Waals surface area contributed by atoms with E-state index in [1.54, 1.807) is 13.8 Å². The third-order valence-electron chi connectivity index (χ3n) is 2.16. The summed E-state index contributed by atoms with van der Waals surface area (Å²) in [5.41, 5.74) is -0.631. The summed E-state index contributed by atoms with van der Waals surface area (Å²) in [4.78, 5) is 11.5. The molecule has 1 unspecified atom stereocenters. The molecular formula is C8H12F3N3O2. The van der Waals surface area contributed by atoms with Crippen LogP contribution < -0.4 is 10.4 Å². The maximum Gasteiger partial charge on any atom is 0.575 e. The first-order chi connectivity index (χ1) is 7.26. The normalized spacial score (nSPS) is 13.9. The quantitative estimate of drug-likeness (QED) is 0.802. The van der Waals surface area contributed by atoms with E-state index in [2.05, 4.69) is 9.84 Å². The predicted octanol–water partition coefficient (Wildman–Crippen LogP) is 1.45. The molecule has 1 aromatic heterocycles. The van der Waals surface area contributed by atoms with Crippen molar-refractivity contribution in [2.75, 3.05) is 0 Å². The van der Waals surface area contributed by atoms with Crippen LogP contribution in [0.5, 0.6) is 6.01 Å². The molecule has 16 heavy (non-hydrogen) atoms. The summed E-state index contributed by atoms with van der Waals surface area (Å²) in [5, 5.41) is 3.39. The Morgan fingerprint density at radius 2 is 2.06 bits per heavy atom. The van der Waals surface area contributed by atoms with Crippen molar-refractivity contribution in [1.82, 2.24) is 14.3 Å². The number of hydrogen-bond acceptors (Lipinski definition) is 3. The van der Waals surface area contributed by atoms with Gasteiger partial charge in [-0.15, -0.1) is 18.3 Å². The van der Waals surface area contributed by atoms with Gasteiger partial charge in [-0.3, -0.25) is 0 Å². The molecule has 0 N–H and O–H groups in total. The minimum absolute atomic E-state index is 0.404. The van der Waals surface area contributed by atoms with Gasteiger partial charge in [0.15, 0.2) is 0 Å². The van der Waals surface area contributed by atoms with Crippen LogP contribution in [-0.4, -0.2) is 20.7 Å². The zero-order valence-corrected chi connectivity index (χ0v) is 9.08. The molecule has 0 aliphatic rings. The Labute approximate surface area is 89.4 Å². The van der Waals surface area contributed by atoms with Crippen LogP contribution in [0.25, 0.3) is 0 Å². The van der Waals surface area contributed by atoms with Gasteiger partial charge in [-0.2, -0.15) is 0 Å². The van der Waals surface area contributed by atoms with Crippen LogP contribution in [-0.2, 0) is 7.05 Å². The Kier molecular flexibility index (Phi) is 3.30. The lowest BCUT2D eigenvalue weighted by Gasteiger charge is -2.13. The molecule has 1 aromatic rings. The topological polar surface area (TPSA) is 49.0 Å². The van der Waals surface area contributed by atoms with Gasteiger partial charge >= 0.3 is 18.1 Å². The van der Waals surface area contributed by atoms with Gasteiger partial charge in [0.2, 0.25) is 0 Å². The van der Waals surface area contributed by atoms with Crippen LogP contribution in [0.2, 0.25) is 0 Å². The number of rotatable bonds is 3. The van der Waals surface area contributed by atoms with Crippen molar-refractivity contribution in [1.29, 1.82) is 0 Å². The zero-order valence-electron chi connectivity index (χ0n) is 9.08. The van der Waals surface area contributed by atoms with Crippen molar-refractivity contribution in [3.8, 4) is 6.01 Å². The lowest BCUT2D eigenvalue weighted by molar-refractivity contribution is -0.279. The summed E-state index contributed by atoms with van der Waals surface area (Å²) >= 11 is 0. The van der Waals surface area contributed by atoms with Gasteiger partial charge < -0.3 is 4.74 Å². The van der Waals surface area contributed by atoms with Crippen molar-refractivity contribution >= 4 is 0 Å². The number of hydrogen-bond donors (Lipinski definition) is 0. The second-order valence-electron chi connectivity index (χ2n) is 3.36. The lowest BCUT2D eigenvalue weighted by Crippen LogP contribution is -2.27. The summed E-state index contributed by atoms with van der Waals surface area (Å²) < 4.78 is 41.5. The maximum atomic E-state index is 12.0. The second-order valence-corrected chi connectivity index (χ2v) is 3.36. The molecule has 0 aliphatic heterocycles. The van der Waals surface area contributed by atoms with Crippen molar-refractivity contribution < 1.29 is 17.9 Å². The highest BCUT2D eigenvalue weighted by molar-refractivity contribution is 4.96. The van der Waals surface area contributed by atoms with E-state index in [0.717, 1.165) is 9.25 Å². The Morgan fingerprint density at radius 1 is 1.50 bits per heavy atom. The first-order valence-corrected chi connectivity index (χ1v) is 4.67. The number of nitrogens with zero attached hydrogens (tertiary/aromatic N) is 3. The van der Waals surface area contributed by atoms with Gasteiger partial charge in [0.1, 0.15) is 0 Å². The van der Waals surface area contributed by atoms with Gasteiger partial charge in [0, 0.05) is 13.1 Å². The van der Waals surface area contributed by atoms with E-state index in [-0.39, 0.29) is 0 Å². The summed E-state index contributed by atoms with van der Waals surface area (Å²) in [6.07, 6.45) is -4.35. The molecular weight excluding hydrogens is 227 g/mol. The standard InChI is InChI=1S/C8H12F3N3O2/c1-4-5(2)14-6(16-8(9,10)11)12-13(3)7(14)15/h5H,4H2,1-3H3. The highest BCUT2D eigenvalue weighted by Gasteiger charge is 2.35. The molecule has 8 heteroatoms. The van der Waals surface area contributed by atoms with Gasteiger partial charge in [0.25, 0.3) is 0 Å². The van der Waals surface area contributed by atoms with E-state index >= 15 is 0 Å². The van der Waals surface area contributed by atoms with Crippen molar-refractivity contribution in [2.45, 2.75) is 32.7 Å². The first-order valence-electron chi connectivity index (χ1n) is 4.67. The number of alkyl halides is 3. The molecule has 0 bridgehead atoms. The third kappa shape index (κ3) is 2.56. The van der Waals surface area contributed by atoms with Gasteiger partial charge in [-0.25, -0.2) is 14.0 Å². The molecule has 1 rings (SSSR count). The largest absolute Gasteiger partial charge is 0.575 e. The van der Waals surface area contributed by atoms with Crippen molar-refractivity contribution in [3.63, 3.8) is 0 Å². The average Bonchev–Trinajstić information content (AvgIpc) is 2.39.